The molecule has 5 heteroatoms. The van der Waals surface area contributed by atoms with Crippen LogP contribution in [0.3, 0.4) is 0 Å². The standard InChI is InChI=1S/C19H32O3SSi/c1-9-17(23(20,21)22)15-11-10-12-16(19(6,7)8)18(15)24(13(2)3)14(4)5/h9-14,17,24H,1H2,2-8H3,(H,20,21,22). The van der Waals surface area contributed by atoms with Crippen molar-refractivity contribution in [2.75, 3.05) is 0 Å². The highest BCUT2D eigenvalue weighted by molar-refractivity contribution is 7.86. The van der Waals surface area contributed by atoms with E-state index in [0.29, 0.717) is 16.6 Å². The van der Waals surface area contributed by atoms with E-state index in [4.69, 9.17) is 0 Å². The van der Waals surface area contributed by atoms with Gasteiger partial charge in [-0.2, -0.15) is 8.42 Å². The molecule has 24 heavy (non-hydrogen) atoms. The zero-order valence-corrected chi connectivity index (χ0v) is 18.0. The molecule has 3 nitrogen and oxygen atoms in total. The molecule has 1 aromatic carbocycles. The quantitative estimate of drug-likeness (QED) is 0.461. The molecular weight excluding hydrogens is 336 g/mol. The third-order valence-corrected chi connectivity index (χ3v) is 9.83. The van der Waals surface area contributed by atoms with Crippen LogP contribution in [0, 0.1) is 0 Å². The molecule has 0 saturated heterocycles. The van der Waals surface area contributed by atoms with Crippen LogP contribution in [-0.2, 0) is 15.5 Å². The molecule has 0 spiro atoms. The predicted octanol–water partition coefficient (Wildman–Crippen LogP) is 4.35. The highest BCUT2D eigenvalue weighted by Gasteiger charge is 2.34. The van der Waals surface area contributed by atoms with E-state index in [9.17, 15) is 13.0 Å². The van der Waals surface area contributed by atoms with Crippen LogP contribution in [0.25, 0.3) is 0 Å². The minimum Gasteiger partial charge on any atom is -0.285 e. The summed E-state index contributed by atoms with van der Waals surface area (Å²) in [4.78, 5) is 0. The van der Waals surface area contributed by atoms with E-state index in [1.165, 1.54) is 16.8 Å². The number of hydrogen-bond acceptors (Lipinski definition) is 2. The van der Waals surface area contributed by atoms with Gasteiger partial charge >= 0.3 is 0 Å². The second-order valence-corrected chi connectivity index (χ2v) is 14.1. The van der Waals surface area contributed by atoms with Crippen LogP contribution in [0.15, 0.2) is 30.9 Å². The zero-order chi connectivity index (χ0) is 18.9. The third-order valence-electron chi connectivity index (χ3n) is 4.56. The molecule has 1 rings (SSSR count). The largest absolute Gasteiger partial charge is 0.285 e. The summed E-state index contributed by atoms with van der Waals surface area (Å²) >= 11 is 0. The van der Waals surface area contributed by atoms with Crippen molar-refractivity contribution in [3.8, 4) is 0 Å². The Hall–Kier alpha value is -0.913. The van der Waals surface area contributed by atoms with E-state index in [-0.39, 0.29) is 5.41 Å². The molecule has 0 heterocycles. The summed E-state index contributed by atoms with van der Waals surface area (Å²) in [5.41, 5.74) is 2.78. The average molecular weight is 369 g/mol. The van der Waals surface area contributed by atoms with Crippen LogP contribution in [0.5, 0.6) is 0 Å². The van der Waals surface area contributed by atoms with Crippen molar-refractivity contribution in [1.82, 2.24) is 0 Å². The van der Waals surface area contributed by atoms with E-state index < -0.39 is 24.2 Å². The van der Waals surface area contributed by atoms with Gasteiger partial charge in [-0.15, -0.1) is 6.58 Å². The number of benzene rings is 1. The van der Waals surface area contributed by atoms with E-state index >= 15 is 0 Å². The Balaban J connectivity index is 3.88. The smallest absolute Gasteiger partial charge is 0.275 e. The zero-order valence-electron chi connectivity index (χ0n) is 16.0. The Morgan fingerprint density at radius 3 is 1.96 bits per heavy atom. The molecule has 0 fully saturated rings. The Bertz CT molecular complexity index is 677. The van der Waals surface area contributed by atoms with Crippen LogP contribution >= 0.6 is 0 Å². The molecular formula is C19H32O3SSi. The summed E-state index contributed by atoms with van der Waals surface area (Å²) in [6, 6.07) is 5.84. The third kappa shape index (κ3) is 4.58. The first-order valence-electron chi connectivity index (χ1n) is 8.54. The molecule has 0 saturated carbocycles. The van der Waals surface area contributed by atoms with Crippen LogP contribution in [0.4, 0.5) is 0 Å². The second kappa shape index (κ2) is 7.54. The molecule has 136 valence electrons. The fraction of sp³-hybridized carbons (Fsp3) is 0.579. The van der Waals surface area contributed by atoms with Gasteiger partial charge in [-0.05, 0) is 27.6 Å². The van der Waals surface area contributed by atoms with Gasteiger partial charge in [0.05, 0.1) is 8.80 Å². The van der Waals surface area contributed by atoms with Crippen LogP contribution in [0.2, 0.25) is 11.1 Å². The van der Waals surface area contributed by atoms with Crippen molar-refractivity contribution in [2.24, 2.45) is 0 Å². The minimum atomic E-state index is -4.23. The fourth-order valence-corrected chi connectivity index (χ4v) is 9.02. The van der Waals surface area contributed by atoms with Gasteiger partial charge in [0.1, 0.15) is 5.25 Å². The van der Waals surface area contributed by atoms with Gasteiger partial charge in [-0.3, -0.25) is 4.55 Å². The van der Waals surface area contributed by atoms with Crippen molar-refractivity contribution >= 4 is 24.1 Å². The topological polar surface area (TPSA) is 54.4 Å². The van der Waals surface area contributed by atoms with E-state index in [2.05, 4.69) is 61.1 Å². The SMILES string of the molecule is C=CC(c1cccc(C(C)(C)C)c1[SiH](C(C)C)C(C)C)S(=O)(=O)O. The summed E-state index contributed by atoms with van der Waals surface area (Å²) in [5.74, 6) is 0. The van der Waals surface area contributed by atoms with E-state index in [1.807, 2.05) is 12.1 Å². The first-order valence-corrected chi connectivity index (χ1v) is 12.0. The van der Waals surface area contributed by atoms with E-state index in [1.54, 1.807) is 0 Å². The lowest BCUT2D eigenvalue weighted by Gasteiger charge is -2.34. The number of rotatable bonds is 6. The first kappa shape index (κ1) is 21.1. The molecule has 0 amide bonds. The molecule has 0 aliphatic rings. The second-order valence-electron chi connectivity index (χ2n) is 8.24. The monoisotopic (exact) mass is 368 g/mol. The average Bonchev–Trinajstić information content (AvgIpc) is 2.37. The van der Waals surface area contributed by atoms with Crippen LogP contribution in [0.1, 0.15) is 64.8 Å². The Morgan fingerprint density at radius 1 is 1.12 bits per heavy atom. The lowest BCUT2D eigenvalue weighted by Crippen LogP contribution is -2.44. The summed E-state index contributed by atoms with van der Waals surface area (Å²) in [6.07, 6.45) is 1.34. The fourth-order valence-electron chi connectivity index (χ4n) is 3.70. The van der Waals surface area contributed by atoms with Crippen LogP contribution < -0.4 is 5.19 Å². The van der Waals surface area contributed by atoms with Crippen molar-refractivity contribution in [3.63, 3.8) is 0 Å². The Kier molecular flexibility index (Phi) is 6.64. The van der Waals surface area contributed by atoms with E-state index in [0.717, 1.165) is 0 Å². The van der Waals surface area contributed by atoms with Gasteiger partial charge < -0.3 is 0 Å². The highest BCUT2D eigenvalue weighted by atomic mass is 32.2. The van der Waals surface area contributed by atoms with Gasteiger partial charge in [0.25, 0.3) is 10.1 Å². The van der Waals surface area contributed by atoms with Crippen molar-refractivity contribution in [1.29, 1.82) is 0 Å². The summed E-state index contributed by atoms with van der Waals surface area (Å²) in [5, 5.41) is 0.111. The first-order chi connectivity index (χ1) is 10.8. The highest BCUT2D eigenvalue weighted by Crippen LogP contribution is 2.32. The molecule has 1 atom stereocenters. The maximum absolute atomic E-state index is 11.9. The molecule has 0 radical (unpaired) electrons. The van der Waals surface area contributed by atoms with Gasteiger partial charge in [-0.25, -0.2) is 0 Å². The van der Waals surface area contributed by atoms with Gasteiger partial charge in [0.15, 0.2) is 0 Å². The van der Waals surface area contributed by atoms with Crippen molar-refractivity contribution in [2.45, 2.75) is 70.2 Å². The number of hydrogen-bond donors (Lipinski definition) is 1. The lowest BCUT2D eigenvalue weighted by molar-refractivity contribution is 0.476. The van der Waals surface area contributed by atoms with Gasteiger partial charge in [0, 0.05) is 0 Å². The normalized spacial score (nSPS) is 14.5. The minimum absolute atomic E-state index is 0.0920. The van der Waals surface area contributed by atoms with Crippen molar-refractivity contribution in [3.05, 3.63) is 42.0 Å². The maximum atomic E-state index is 11.9. The Morgan fingerprint density at radius 2 is 1.62 bits per heavy atom. The summed E-state index contributed by atoms with van der Waals surface area (Å²) in [7, 11) is -5.72. The van der Waals surface area contributed by atoms with Crippen LogP contribution in [-0.4, -0.2) is 21.8 Å². The molecule has 0 aromatic heterocycles. The molecule has 0 aliphatic heterocycles. The summed E-state index contributed by atoms with van der Waals surface area (Å²) < 4.78 is 33.6. The molecule has 1 unspecified atom stereocenters. The molecule has 1 N–H and O–H groups in total. The predicted molar refractivity (Wildman–Crippen MR) is 107 cm³/mol. The molecule has 0 aliphatic carbocycles. The maximum Gasteiger partial charge on any atom is 0.275 e. The summed E-state index contributed by atoms with van der Waals surface area (Å²) in [6.45, 7) is 19.0. The molecule has 0 bridgehead atoms. The van der Waals surface area contributed by atoms with Gasteiger partial charge in [0.2, 0.25) is 0 Å². The lowest BCUT2D eigenvalue weighted by atomic mass is 9.85. The molecule has 1 aromatic rings. The Labute approximate surface area is 149 Å². The van der Waals surface area contributed by atoms with Gasteiger partial charge in [-0.1, -0.05) is 77.9 Å². The van der Waals surface area contributed by atoms with Crippen molar-refractivity contribution < 1.29 is 13.0 Å².